The Morgan fingerprint density at radius 1 is 0.433 bits per heavy atom. The Balaban J connectivity index is -0.000000314. The lowest BCUT2D eigenvalue weighted by Crippen LogP contribution is -1.78. The molecule has 3 aromatic carbocycles. The molecule has 164 valence electrons. The third-order valence-electron chi connectivity index (χ3n) is 2.87. The van der Waals surface area contributed by atoms with Crippen molar-refractivity contribution < 1.29 is 9.47 Å². The molecule has 0 fully saturated rings. The van der Waals surface area contributed by atoms with Crippen LogP contribution in [0.2, 0.25) is 0 Å². The average Bonchev–Trinajstić information content (AvgIpc) is 2.89. The van der Waals surface area contributed by atoms with Crippen molar-refractivity contribution in [2.45, 2.75) is 41.5 Å². The Morgan fingerprint density at radius 3 is 0.767 bits per heavy atom. The first-order valence-electron chi connectivity index (χ1n) is 10.3. The van der Waals surface area contributed by atoms with Crippen LogP contribution in [0.5, 0.6) is 11.5 Å². The number of rotatable bonds is 2. The van der Waals surface area contributed by atoms with Crippen LogP contribution in [0.1, 0.15) is 41.5 Å². The lowest BCUT2D eigenvalue weighted by Gasteiger charge is -1.93. The van der Waals surface area contributed by atoms with Crippen molar-refractivity contribution in [2.24, 2.45) is 0 Å². The van der Waals surface area contributed by atoms with E-state index in [4.69, 9.17) is 9.47 Å². The number of ether oxygens (including phenoxy) is 2. The molecule has 0 saturated carbocycles. The summed E-state index contributed by atoms with van der Waals surface area (Å²) < 4.78 is 9.83. The predicted molar refractivity (Wildman–Crippen MR) is 134 cm³/mol. The van der Waals surface area contributed by atoms with Crippen molar-refractivity contribution in [3.05, 3.63) is 97.1 Å². The molecule has 0 unspecified atom stereocenters. The summed E-state index contributed by atoms with van der Waals surface area (Å²) in [4.78, 5) is 0. The van der Waals surface area contributed by atoms with Gasteiger partial charge in [0.2, 0.25) is 0 Å². The summed E-state index contributed by atoms with van der Waals surface area (Å²) in [6.07, 6.45) is 0. The standard InChI is InChI=1S/2C7H8O.C6H6.C4H6.2C2H6/c2*1-8-7-5-3-2-4-6-7;1-2-4-6-5-3-1;1-3-4-2;2*1-2/h2*2-6H,1H3;1-6H;1-2H3;2*1-2H3. The van der Waals surface area contributed by atoms with Gasteiger partial charge in [-0.2, -0.15) is 0 Å². The number of hydrogen-bond donors (Lipinski definition) is 0. The quantitative estimate of drug-likeness (QED) is 0.398. The predicted octanol–water partition coefficient (Wildman–Crippen LogP) is 8.16. The highest BCUT2D eigenvalue weighted by Crippen LogP contribution is 2.06. The first kappa shape index (κ1) is 31.5. The van der Waals surface area contributed by atoms with E-state index in [1.165, 1.54) is 0 Å². The summed E-state index contributed by atoms with van der Waals surface area (Å²) >= 11 is 0. The molecule has 2 nitrogen and oxygen atoms in total. The van der Waals surface area contributed by atoms with Crippen LogP contribution < -0.4 is 9.47 Å². The van der Waals surface area contributed by atoms with Crippen molar-refractivity contribution in [3.8, 4) is 23.3 Å². The smallest absolute Gasteiger partial charge is 0.118 e. The van der Waals surface area contributed by atoms with E-state index in [2.05, 4.69) is 11.8 Å². The molecule has 0 bridgehead atoms. The van der Waals surface area contributed by atoms with Gasteiger partial charge in [0.1, 0.15) is 11.5 Å². The Hall–Kier alpha value is -3.18. The van der Waals surface area contributed by atoms with Gasteiger partial charge in [0, 0.05) is 0 Å². The molecule has 0 amide bonds. The number of methoxy groups -OCH3 is 2. The Kier molecular flexibility index (Phi) is 32.1. The second kappa shape index (κ2) is 30.5. The summed E-state index contributed by atoms with van der Waals surface area (Å²) in [6.45, 7) is 11.6. The highest BCUT2D eigenvalue weighted by Gasteiger charge is 1.80. The van der Waals surface area contributed by atoms with Crippen LogP contribution in [0, 0.1) is 11.8 Å². The van der Waals surface area contributed by atoms with Crippen LogP contribution in [-0.2, 0) is 0 Å². The highest BCUT2D eigenvalue weighted by atomic mass is 16.5. The molecule has 0 saturated heterocycles. The molecule has 2 heteroatoms. The van der Waals surface area contributed by atoms with E-state index in [-0.39, 0.29) is 0 Å². The van der Waals surface area contributed by atoms with E-state index in [1.807, 2.05) is 139 Å². The molecule has 0 spiro atoms. The fourth-order valence-electron chi connectivity index (χ4n) is 1.50. The van der Waals surface area contributed by atoms with Crippen molar-refractivity contribution in [3.63, 3.8) is 0 Å². The summed E-state index contributed by atoms with van der Waals surface area (Å²) in [7, 11) is 3.32. The number of hydrogen-bond acceptors (Lipinski definition) is 2. The van der Waals surface area contributed by atoms with E-state index in [0.717, 1.165) is 11.5 Å². The lowest BCUT2D eigenvalue weighted by atomic mass is 10.3. The van der Waals surface area contributed by atoms with Crippen LogP contribution in [-0.4, -0.2) is 14.2 Å². The number of benzene rings is 3. The minimum atomic E-state index is 0.910. The fourth-order valence-corrected chi connectivity index (χ4v) is 1.50. The van der Waals surface area contributed by atoms with E-state index >= 15 is 0 Å². The van der Waals surface area contributed by atoms with Gasteiger partial charge in [-0.25, -0.2) is 0 Å². The Labute approximate surface area is 185 Å². The summed E-state index contributed by atoms with van der Waals surface area (Å²) in [6, 6.07) is 31.4. The zero-order chi connectivity index (χ0) is 23.3. The monoisotopic (exact) mass is 408 g/mol. The molecule has 3 rings (SSSR count). The molecular formula is C28H40O2. The topological polar surface area (TPSA) is 18.5 Å². The van der Waals surface area contributed by atoms with Crippen LogP contribution >= 0.6 is 0 Å². The molecular weight excluding hydrogens is 368 g/mol. The maximum atomic E-state index is 4.91. The lowest BCUT2D eigenvalue weighted by molar-refractivity contribution is 0.414. The van der Waals surface area contributed by atoms with Gasteiger partial charge in [0.15, 0.2) is 0 Å². The maximum absolute atomic E-state index is 4.91. The van der Waals surface area contributed by atoms with Crippen molar-refractivity contribution >= 4 is 0 Å². The average molecular weight is 409 g/mol. The van der Waals surface area contributed by atoms with Crippen molar-refractivity contribution in [1.29, 1.82) is 0 Å². The normalized spacial score (nSPS) is 7.07. The second-order valence-corrected chi connectivity index (χ2v) is 4.69. The molecule has 0 atom stereocenters. The largest absolute Gasteiger partial charge is 0.497 e. The summed E-state index contributed by atoms with van der Waals surface area (Å²) in [5, 5.41) is 0. The second-order valence-electron chi connectivity index (χ2n) is 4.69. The zero-order valence-electron chi connectivity index (χ0n) is 20.1. The fraction of sp³-hybridized carbons (Fsp3) is 0.286. The van der Waals surface area contributed by atoms with Gasteiger partial charge in [-0.3, -0.25) is 0 Å². The van der Waals surface area contributed by atoms with Crippen LogP contribution in [0.25, 0.3) is 0 Å². The maximum Gasteiger partial charge on any atom is 0.118 e. The first-order valence-corrected chi connectivity index (χ1v) is 10.3. The molecule has 0 radical (unpaired) electrons. The van der Waals surface area contributed by atoms with Gasteiger partial charge in [-0.05, 0) is 38.1 Å². The van der Waals surface area contributed by atoms with Crippen molar-refractivity contribution in [2.75, 3.05) is 14.2 Å². The van der Waals surface area contributed by atoms with E-state index < -0.39 is 0 Å². The van der Waals surface area contributed by atoms with Crippen LogP contribution in [0.4, 0.5) is 0 Å². The van der Waals surface area contributed by atoms with Gasteiger partial charge in [0.05, 0.1) is 14.2 Å². The molecule has 0 aromatic heterocycles. The summed E-state index contributed by atoms with van der Waals surface area (Å²) in [5.74, 6) is 7.18. The SMILES string of the molecule is CC.CC.CC#CC.COc1ccccc1.COc1ccccc1.c1ccccc1. The first-order chi connectivity index (χ1) is 14.8. The van der Waals surface area contributed by atoms with Gasteiger partial charge >= 0.3 is 0 Å². The van der Waals surface area contributed by atoms with E-state index in [0.29, 0.717) is 0 Å². The molecule has 0 aliphatic carbocycles. The van der Waals surface area contributed by atoms with Gasteiger partial charge in [-0.1, -0.05) is 100 Å². The minimum Gasteiger partial charge on any atom is -0.497 e. The Morgan fingerprint density at radius 2 is 0.633 bits per heavy atom. The van der Waals surface area contributed by atoms with E-state index in [1.54, 1.807) is 14.2 Å². The van der Waals surface area contributed by atoms with Crippen LogP contribution in [0.15, 0.2) is 97.1 Å². The van der Waals surface area contributed by atoms with Crippen molar-refractivity contribution in [1.82, 2.24) is 0 Å². The minimum absolute atomic E-state index is 0.910. The highest BCUT2D eigenvalue weighted by molar-refractivity contribution is 5.21. The molecule has 30 heavy (non-hydrogen) atoms. The summed E-state index contributed by atoms with van der Waals surface area (Å²) in [5.41, 5.74) is 0. The third kappa shape index (κ3) is 24.8. The van der Waals surface area contributed by atoms with Gasteiger partial charge in [0.25, 0.3) is 0 Å². The van der Waals surface area contributed by atoms with Crippen LogP contribution in [0.3, 0.4) is 0 Å². The molecule has 0 aliphatic rings. The third-order valence-corrected chi connectivity index (χ3v) is 2.87. The van der Waals surface area contributed by atoms with Gasteiger partial charge < -0.3 is 9.47 Å². The Bertz CT molecular complexity index is 612. The van der Waals surface area contributed by atoms with Gasteiger partial charge in [-0.15, -0.1) is 11.8 Å². The molecule has 3 aromatic rings. The number of para-hydroxylation sites is 2. The zero-order valence-corrected chi connectivity index (χ0v) is 20.1. The molecule has 0 heterocycles. The molecule has 0 aliphatic heterocycles. The molecule has 0 N–H and O–H groups in total. The van der Waals surface area contributed by atoms with E-state index in [9.17, 15) is 0 Å².